The largest absolute Gasteiger partial charge is 0.381 e. The molecule has 20 heavy (non-hydrogen) atoms. The summed E-state index contributed by atoms with van der Waals surface area (Å²) in [5.74, 6) is 0.741. The Morgan fingerprint density at radius 3 is 2.70 bits per heavy atom. The zero-order valence-electron chi connectivity index (χ0n) is 10.9. The molecule has 4 nitrogen and oxygen atoms in total. The molecule has 0 spiro atoms. The van der Waals surface area contributed by atoms with E-state index in [9.17, 15) is 8.42 Å². The van der Waals surface area contributed by atoms with Crippen LogP contribution in [-0.4, -0.2) is 28.2 Å². The van der Waals surface area contributed by atoms with Crippen LogP contribution in [0.25, 0.3) is 0 Å². The van der Waals surface area contributed by atoms with E-state index < -0.39 is 10.0 Å². The third-order valence-electron chi connectivity index (χ3n) is 2.99. The second-order valence-electron chi connectivity index (χ2n) is 4.84. The van der Waals surface area contributed by atoms with Crippen molar-refractivity contribution in [2.75, 3.05) is 19.8 Å². The molecule has 0 bridgehead atoms. The summed E-state index contributed by atoms with van der Waals surface area (Å²) in [6, 6.07) is 4.99. The van der Waals surface area contributed by atoms with E-state index in [0.29, 0.717) is 24.0 Å². The van der Waals surface area contributed by atoms with Crippen molar-refractivity contribution in [1.82, 2.24) is 4.72 Å². The summed E-state index contributed by atoms with van der Waals surface area (Å²) in [5, 5.41) is 0. The van der Waals surface area contributed by atoms with Gasteiger partial charge in [0, 0.05) is 28.7 Å². The number of sulfonamides is 1. The average molecular weight is 427 g/mol. The lowest BCUT2D eigenvalue weighted by molar-refractivity contribution is 0.123. The minimum absolute atomic E-state index is 0.250. The smallest absolute Gasteiger partial charge is 0.241 e. The lowest BCUT2D eigenvalue weighted by atomic mass is 10.4. The fourth-order valence-electron chi connectivity index (χ4n) is 1.69. The molecule has 0 heterocycles. The third kappa shape index (κ3) is 5.11. The first-order chi connectivity index (χ1) is 9.49. The zero-order chi connectivity index (χ0) is 14.6. The summed E-state index contributed by atoms with van der Waals surface area (Å²) in [7, 11) is -3.47. The van der Waals surface area contributed by atoms with Gasteiger partial charge in [0.25, 0.3) is 0 Å². The van der Waals surface area contributed by atoms with Crippen LogP contribution in [0.4, 0.5) is 0 Å². The van der Waals surface area contributed by atoms with Crippen molar-refractivity contribution in [2.24, 2.45) is 5.92 Å². The van der Waals surface area contributed by atoms with Gasteiger partial charge in [-0.1, -0.05) is 15.9 Å². The van der Waals surface area contributed by atoms with Crippen LogP contribution in [0.5, 0.6) is 0 Å². The lowest BCUT2D eigenvalue weighted by Crippen LogP contribution is -2.26. The van der Waals surface area contributed by atoms with Gasteiger partial charge in [0.2, 0.25) is 10.0 Å². The number of ether oxygens (including phenoxy) is 1. The molecule has 112 valence electrons. The normalized spacial score (nSPS) is 15.5. The molecule has 1 aromatic carbocycles. The van der Waals surface area contributed by atoms with Gasteiger partial charge in [-0.05, 0) is 59.3 Å². The van der Waals surface area contributed by atoms with E-state index in [2.05, 4.69) is 36.6 Å². The fraction of sp³-hybridized carbons (Fsp3) is 0.538. The lowest BCUT2D eigenvalue weighted by Gasteiger charge is -2.09. The van der Waals surface area contributed by atoms with Crippen LogP contribution in [0.3, 0.4) is 0 Å². The molecule has 1 aliphatic carbocycles. The highest BCUT2D eigenvalue weighted by atomic mass is 79.9. The van der Waals surface area contributed by atoms with Crippen molar-refractivity contribution in [1.29, 1.82) is 0 Å². The Bertz CT molecular complexity index is 559. The van der Waals surface area contributed by atoms with Gasteiger partial charge in [0.15, 0.2) is 0 Å². The number of benzene rings is 1. The molecule has 1 saturated carbocycles. The van der Waals surface area contributed by atoms with Crippen molar-refractivity contribution >= 4 is 41.9 Å². The molecule has 0 saturated heterocycles. The van der Waals surface area contributed by atoms with E-state index in [0.717, 1.165) is 17.0 Å². The molecule has 0 aromatic heterocycles. The zero-order valence-corrected chi connectivity index (χ0v) is 14.9. The highest BCUT2D eigenvalue weighted by Gasteiger charge is 2.21. The molecule has 1 aliphatic rings. The molecule has 0 amide bonds. The number of hydrogen-bond donors (Lipinski definition) is 1. The van der Waals surface area contributed by atoms with E-state index in [-0.39, 0.29) is 4.90 Å². The van der Waals surface area contributed by atoms with E-state index in [4.69, 9.17) is 4.74 Å². The molecular formula is C13H17Br2NO3S. The van der Waals surface area contributed by atoms with Crippen LogP contribution in [0.15, 0.2) is 32.0 Å². The maximum Gasteiger partial charge on any atom is 0.241 e. The van der Waals surface area contributed by atoms with Gasteiger partial charge < -0.3 is 4.74 Å². The predicted molar refractivity (Wildman–Crippen MR) is 85.2 cm³/mol. The molecule has 0 aliphatic heterocycles. The molecule has 1 N–H and O–H groups in total. The van der Waals surface area contributed by atoms with Crippen molar-refractivity contribution in [3.8, 4) is 0 Å². The first kappa shape index (κ1) is 16.4. The maximum atomic E-state index is 12.1. The minimum atomic E-state index is -3.47. The summed E-state index contributed by atoms with van der Waals surface area (Å²) in [5.41, 5.74) is 0. The van der Waals surface area contributed by atoms with Gasteiger partial charge in [-0.25, -0.2) is 13.1 Å². The summed E-state index contributed by atoms with van der Waals surface area (Å²) >= 11 is 6.56. The number of hydrogen-bond acceptors (Lipinski definition) is 3. The van der Waals surface area contributed by atoms with E-state index in [1.54, 1.807) is 18.2 Å². The van der Waals surface area contributed by atoms with Gasteiger partial charge in [0.05, 0.1) is 4.90 Å². The summed E-state index contributed by atoms with van der Waals surface area (Å²) < 4.78 is 33.7. The highest BCUT2D eigenvalue weighted by molar-refractivity contribution is 9.11. The highest BCUT2D eigenvalue weighted by Crippen LogP contribution is 2.28. The Morgan fingerprint density at radius 1 is 1.30 bits per heavy atom. The number of rotatable bonds is 8. The Hall–Kier alpha value is 0.0500. The monoisotopic (exact) mass is 425 g/mol. The first-order valence-electron chi connectivity index (χ1n) is 6.51. The Kier molecular flexibility index (Phi) is 6.04. The summed E-state index contributed by atoms with van der Waals surface area (Å²) in [6.07, 6.45) is 3.22. The molecule has 0 atom stereocenters. The SMILES string of the molecule is O=S(=O)(NCCCOCC1CC1)c1ccc(Br)cc1Br. The van der Waals surface area contributed by atoms with Crippen LogP contribution in [0.1, 0.15) is 19.3 Å². The molecule has 7 heteroatoms. The van der Waals surface area contributed by atoms with Crippen LogP contribution in [0.2, 0.25) is 0 Å². The standard InChI is InChI=1S/C13H17Br2NO3S/c14-11-4-5-13(12(15)8-11)20(17,18)16-6-1-7-19-9-10-2-3-10/h4-5,8,10,16H,1-3,6-7,9H2. The van der Waals surface area contributed by atoms with Crippen LogP contribution in [-0.2, 0) is 14.8 Å². The minimum Gasteiger partial charge on any atom is -0.381 e. The van der Waals surface area contributed by atoms with Crippen LogP contribution < -0.4 is 4.72 Å². The third-order valence-corrected chi connectivity index (χ3v) is 5.92. The van der Waals surface area contributed by atoms with Gasteiger partial charge in [-0.3, -0.25) is 0 Å². The second-order valence-corrected chi connectivity index (χ2v) is 8.35. The predicted octanol–water partition coefficient (Wildman–Crippen LogP) is 3.31. The van der Waals surface area contributed by atoms with Crippen molar-refractivity contribution in [2.45, 2.75) is 24.2 Å². The van der Waals surface area contributed by atoms with Crippen molar-refractivity contribution in [3.05, 3.63) is 27.1 Å². The van der Waals surface area contributed by atoms with Gasteiger partial charge in [-0.2, -0.15) is 0 Å². The van der Waals surface area contributed by atoms with E-state index >= 15 is 0 Å². The second kappa shape index (κ2) is 7.35. The Labute approximate surface area is 136 Å². The summed E-state index contributed by atoms with van der Waals surface area (Å²) in [4.78, 5) is 0.250. The Morgan fingerprint density at radius 2 is 2.05 bits per heavy atom. The fourth-order valence-corrected chi connectivity index (χ4v) is 4.50. The number of halogens is 2. The van der Waals surface area contributed by atoms with Crippen LogP contribution in [0, 0.1) is 5.92 Å². The average Bonchev–Trinajstić information content (AvgIpc) is 3.17. The van der Waals surface area contributed by atoms with Crippen molar-refractivity contribution in [3.63, 3.8) is 0 Å². The van der Waals surface area contributed by atoms with Gasteiger partial charge >= 0.3 is 0 Å². The molecule has 0 unspecified atom stereocenters. The van der Waals surface area contributed by atoms with E-state index in [1.165, 1.54) is 12.8 Å². The first-order valence-corrected chi connectivity index (χ1v) is 9.58. The maximum absolute atomic E-state index is 12.1. The topological polar surface area (TPSA) is 55.4 Å². The quantitative estimate of drug-likeness (QED) is 0.648. The summed E-state index contributed by atoms with van der Waals surface area (Å²) in [6.45, 7) is 1.79. The molecule has 0 radical (unpaired) electrons. The van der Waals surface area contributed by atoms with Gasteiger partial charge in [-0.15, -0.1) is 0 Å². The molecule has 2 rings (SSSR count). The molecule has 1 aromatic rings. The number of nitrogens with one attached hydrogen (secondary N) is 1. The molecule has 1 fully saturated rings. The van der Waals surface area contributed by atoms with Gasteiger partial charge in [0.1, 0.15) is 0 Å². The van der Waals surface area contributed by atoms with E-state index in [1.807, 2.05) is 0 Å². The van der Waals surface area contributed by atoms with Crippen molar-refractivity contribution < 1.29 is 13.2 Å². The van der Waals surface area contributed by atoms with Crippen LogP contribution >= 0.6 is 31.9 Å². The molecular weight excluding hydrogens is 410 g/mol. The Balaban J connectivity index is 1.77.